The van der Waals surface area contributed by atoms with Crippen LogP contribution in [0.15, 0.2) is 18.1 Å². The van der Waals surface area contributed by atoms with Crippen molar-refractivity contribution in [2.45, 2.75) is 31.8 Å². The lowest BCUT2D eigenvalue weighted by atomic mass is 10.1. The van der Waals surface area contributed by atoms with Gasteiger partial charge in [-0.1, -0.05) is 0 Å². The maximum atomic E-state index is 12.5. The Morgan fingerprint density at radius 3 is 3.00 bits per heavy atom. The highest BCUT2D eigenvalue weighted by Gasteiger charge is 2.37. The fraction of sp³-hybridized carbons (Fsp3) is 0.538. The maximum absolute atomic E-state index is 12.5. The summed E-state index contributed by atoms with van der Waals surface area (Å²) in [6.07, 6.45) is 5.22. The number of halogens is 1. The van der Waals surface area contributed by atoms with E-state index in [9.17, 15) is 9.18 Å². The van der Waals surface area contributed by atoms with Gasteiger partial charge in [-0.15, -0.1) is 0 Å². The minimum atomic E-state index is 0.0635. The van der Waals surface area contributed by atoms with Crippen molar-refractivity contribution in [3.8, 4) is 0 Å². The van der Waals surface area contributed by atoms with E-state index in [0.29, 0.717) is 30.1 Å². The van der Waals surface area contributed by atoms with Gasteiger partial charge in [-0.3, -0.25) is 9.48 Å². The molecule has 0 bridgehead atoms. The van der Waals surface area contributed by atoms with Crippen LogP contribution in [0.1, 0.15) is 28.9 Å². The van der Waals surface area contributed by atoms with Crippen molar-refractivity contribution >= 4 is 5.91 Å². The van der Waals surface area contributed by atoms with Crippen LogP contribution in [0, 0.1) is 0 Å². The fourth-order valence-electron chi connectivity index (χ4n) is 2.47. The summed E-state index contributed by atoms with van der Waals surface area (Å²) in [4.78, 5) is 14.2. The molecule has 1 aliphatic carbocycles. The molecular formula is C13H17FN4O. The third kappa shape index (κ3) is 2.28. The molecule has 0 atom stereocenters. The Morgan fingerprint density at radius 2 is 2.37 bits per heavy atom. The molecule has 1 fully saturated rings. The summed E-state index contributed by atoms with van der Waals surface area (Å²) < 4.78 is 14.1. The first kappa shape index (κ1) is 12.3. The van der Waals surface area contributed by atoms with E-state index in [4.69, 9.17) is 5.73 Å². The van der Waals surface area contributed by atoms with Gasteiger partial charge in [0.1, 0.15) is 0 Å². The number of carbonyl (C=O) groups is 1. The van der Waals surface area contributed by atoms with E-state index in [-0.39, 0.29) is 12.5 Å². The van der Waals surface area contributed by atoms with Crippen LogP contribution < -0.4 is 5.73 Å². The van der Waals surface area contributed by atoms with Crippen molar-refractivity contribution in [1.29, 1.82) is 0 Å². The van der Waals surface area contributed by atoms with E-state index in [1.54, 1.807) is 10.9 Å². The molecule has 19 heavy (non-hydrogen) atoms. The molecule has 2 N–H and O–H groups in total. The number of fused-ring (bicyclic) bond motifs is 1. The molecule has 1 saturated carbocycles. The van der Waals surface area contributed by atoms with Crippen molar-refractivity contribution in [3.05, 3.63) is 29.4 Å². The number of hydrogen-bond donors (Lipinski definition) is 1. The van der Waals surface area contributed by atoms with Gasteiger partial charge < -0.3 is 10.6 Å². The third-order valence-corrected chi connectivity index (χ3v) is 3.69. The molecule has 5 nitrogen and oxygen atoms in total. The Hall–Kier alpha value is -1.69. The zero-order chi connectivity index (χ0) is 13.4. The van der Waals surface area contributed by atoms with E-state index >= 15 is 0 Å². The number of hydrogen-bond acceptors (Lipinski definition) is 3. The Kier molecular flexibility index (Phi) is 3.10. The van der Waals surface area contributed by atoms with Crippen LogP contribution in [0.3, 0.4) is 0 Å². The predicted molar refractivity (Wildman–Crippen MR) is 68.2 cm³/mol. The fourth-order valence-corrected chi connectivity index (χ4v) is 2.47. The summed E-state index contributed by atoms with van der Waals surface area (Å²) in [6, 6.07) is 0.425. The molecule has 0 aromatic carbocycles. The smallest absolute Gasteiger partial charge is 0.257 e. The maximum Gasteiger partial charge on any atom is 0.257 e. The minimum Gasteiger partial charge on any atom is -0.335 e. The van der Waals surface area contributed by atoms with E-state index in [2.05, 4.69) is 5.10 Å². The van der Waals surface area contributed by atoms with Gasteiger partial charge in [0, 0.05) is 31.7 Å². The average molecular weight is 264 g/mol. The molecule has 1 aromatic rings. The van der Waals surface area contributed by atoms with Crippen LogP contribution in [0.2, 0.25) is 0 Å². The topological polar surface area (TPSA) is 64.2 Å². The van der Waals surface area contributed by atoms with Crippen molar-refractivity contribution in [2.24, 2.45) is 5.73 Å². The van der Waals surface area contributed by atoms with E-state index in [1.165, 1.54) is 0 Å². The molecule has 1 aromatic heterocycles. The number of amides is 1. The summed E-state index contributed by atoms with van der Waals surface area (Å²) in [7, 11) is 0. The minimum absolute atomic E-state index is 0.0635. The normalized spacial score (nSPS) is 19.8. The van der Waals surface area contributed by atoms with Crippen molar-refractivity contribution in [2.75, 3.05) is 13.1 Å². The Labute approximate surface area is 110 Å². The summed E-state index contributed by atoms with van der Waals surface area (Å²) >= 11 is 0. The zero-order valence-electron chi connectivity index (χ0n) is 10.7. The highest BCUT2D eigenvalue weighted by Crippen LogP contribution is 2.31. The molecular weight excluding hydrogens is 247 g/mol. The highest BCUT2D eigenvalue weighted by atomic mass is 19.1. The number of aromatic nitrogens is 2. The molecule has 2 heterocycles. The van der Waals surface area contributed by atoms with Crippen LogP contribution in [-0.4, -0.2) is 39.7 Å². The summed E-state index contributed by atoms with van der Waals surface area (Å²) in [5, 5.41) is 4.36. The molecule has 102 valence electrons. The van der Waals surface area contributed by atoms with Crippen LogP contribution in [-0.2, 0) is 13.0 Å². The number of nitrogens with zero attached hydrogens (tertiary/aromatic N) is 3. The van der Waals surface area contributed by atoms with Gasteiger partial charge in [0.15, 0.2) is 0 Å². The molecule has 6 heteroatoms. The number of nitrogens with two attached hydrogens (primary N) is 1. The van der Waals surface area contributed by atoms with Gasteiger partial charge in [-0.05, 0) is 18.4 Å². The highest BCUT2D eigenvalue weighted by molar-refractivity contribution is 5.96. The van der Waals surface area contributed by atoms with E-state index in [0.717, 1.165) is 31.5 Å². The first-order valence-electron chi connectivity index (χ1n) is 6.58. The molecule has 0 unspecified atom stereocenters. The molecule has 0 radical (unpaired) electrons. The Balaban J connectivity index is 1.81. The van der Waals surface area contributed by atoms with Crippen LogP contribution in [0.5, 0.6) is 0 Å². The van der Waals surface area contributed by atoms with Gasteiger partial charge in [-0.2, -0.15) is 5.10 Å². The largest absolute Gasteiger partial charge is 0.335 e. The van der Waals surface area contributed by atoms with Gasteiger partial charge in [0.05, 0.1) is 24.1 Å². The zero-order valence-corrected chi connectivity index (χ0v) is 10.7. The predicted octanol–water partition coefficient (Wildman–Crippen LogP) is 0.856. The van der Waals surface area contributed by atoms with Crippen LogP contribution in [0.4, 0.5) is 4.39 Å². The second kappa shape index (κ2) is 4.77. The Morgan fingerprint density at radius 1 is 1.58 bits per heavy atom. The molecule has 2 aliphatic rings. The third-order valence-electron chi connectivity index (χ3n) is 3.69. The van der Waals surface area contributed by atoms with Gasteiger partial charge in [-0.25, -0.2) is 4.39 Å². The lowest BCUT2D eigenvalue weighted by Gasteiger charge is -2.25. The molecule has 1 amide bonds. The molecule has 3 rings (SSSR count). The van der Waals surface area contributed by atoms with Gasteiger partial charge >= 0.3 is 0 Å². The Bertz CT molecular complexity index is 533. The molecule has 1 aliphatic heterocycles. The lowest BCUT2D eigenvalue weighted by molar-refractivity contribution is 0.0726. The van der Waals surface area contributed by atoms with Crippen LogP contribution in [0.25, 0.3) is 0 Å². The van der Waals surface area contributed by atoms with Gasteiger partial charge in [0.25, 0.3) is 5.91 Å². The molecule has 0 spiro atoms. The van der Waals surface area contributed by atoms with Crippen LogP contribution >= 0.6 is 0 Å². The average Bonchev–Trinajstić information content (AvgIpc) is 3.16. The monoisotopic (exact) mass is 264 g/mol. The quantitative estimate of drug-likeness (QED) is 0.877. The molecule has 0 saturated heterocycles. The standard InChI is InChI=1S/C13H17FN4O/c14-5-9(6-15)7-17-8-11-12(16-17)3-4-18(13(11)19)10-1-2-10/h5,8,10H,1-4,6-7,15H2. The van der Waals surface area contributed by atoms with Gasteiger partial charge in [0.2, 0.25) is 0 Å². The first-order valence-corrected chi connectivity index (χ1v) is 6.58. The van der Waals surface area contributed by atoms with Crippen molar-refractivity contribution < 1.29 is 9.18 Å². The SMILES string of the molecule is NCC(=CF)Cn1cc2c(n1)CCN(C1CC1)C2=O. The summed E-state index contributed by atoms with van der Waals surface area (Å²) in [5.74, 6) is 0.0635. The van der Waals surface area contributed by atoms with Crippen molar-refractivity contribution in [3.63, 3.8) is 0 Å². The number of rotatable bonds is 4. The van der Waals surface area contributed by atoms with Crippen molar-refractivity contribution in [1.82, 2.24) is 14.7 Å². The number of carbonyl (C=O) groups excluding carboxylic acids is 1. The first-order chi connectivity index (χ1) is 9.22. The second-order valence-electron chi connectivity index (χ2n) is 5.14. The lowest BCUT2D eigenvalue weighted by Crippen LogP contribution is -2.38. The summed E-state index contributed by atoms with van der Waals surface area (Å²) in [5.41, 5.74) is 7.37. The van der Waals surface area contributed by atoms with E-state index < -0.39 is 0 Å². The second-order valence-corrected chi connectivity index (χ2v) is 5.14. The van der Waals surface area contributed by atoms with E-state index in [1.807, 2.05) is 4.90 Å². The summed E-state index contributed by atoms with van der Waals surface area (Å²) in [6.45, 7) is 1.20.